The Morgan fingerprint density at radius 3 is 2.78 bits per heavy atom. The van der Waals surface area contributed by atoms with Crippen LogP contribution in [0.3, 0.4) is 0 Å². The van der Waals surface area contributed by atoms with Crippen molar-refractivity contribution in [3.63, 3.8) is 0 Å². The van der Waals surface area contributed by atoms with Crippen LogP contribution in [0.15, 0.2) is 12.2 Å². The highest BCUT2D eigenvalue weighted by Gasteiger charge is 2.18. The van der Waals surface area contributed by atoms with Gasteiger partial charge in [-0.25, -0.2) is 0 Å². The molecule has 0 aromatic heterocycles. The minimum absolute atomic E-state index is 0.0926. The normalized spacial score (nSPS) is 36.2. The third-order valence-corrected chi connectivity index (χ3v) is 1.21. The van der Waals surface area contributed by atoms with E-state index in [4.69, 9.17) is 9.47 Å². The predicted molar refractivity (Wildman–Crippen MR) is 35.1 cm³/mol. The van der Waals surface area contributed by atoms with Gasteiger partial charge in [-0.1, -0.05) is 6.08 Å². The molecule has 9 heavy (non-hydrogen) atoms. The Morgan fingerprint density at radius 1 is 1.56 bits per heavy atom. The van der Waals surface area contributed by atoms with Crippen LogP contribution >= 0.6 is 0 Å². The zero-order valence-electron chi connectivity index (χ0n) is 5.83. The molecule has 0 aromatic rings. The molecule has 1 rings (SSSR count). The molecule has 1 aliphatic rings. The Kier molecular flexibility index (Phi) is 2.25. The smallest absolute Gasteiger partial charge is 0.177 e. The summed E-state index contributed by atoms with van der Waals surface area (Å²) in [6.07, 6.45) is 4.00. The summed E-state index contributed by atoms with van der Waals surface area (Å²) >= 11 is 0. The van der Waals surface area contributed by atoms with Gasteiger partial charge in [-0.15, -0.1) is 0 Å². The number of allylic oxidation sites excluding steroid dienone is 1. The molecule has 2 atom stereocenters. The third kappa shape index (κ3) is 1.80. The lowest BCUT2D eigenvalue weighted by Gasteiger charge is -2.01. The van der Waals surface area contributed by atoms with Gasteiger partial charge in [0, 0.05) is 0 Å². The van der Waals surface area contributed by atoms with Crippen LogP contribution in [0.2, 0.25) is 0 Å². The second-order valence-electron chi connectivity index (χ2n) is 2.17. The van der Waals surface area contributed by atoms with Crippen molar-refractivity contribution in [3.8, 4) is 0 Å². The first-order valence-electron chi connectivity index (χ1n) is 3.23. The van der Waals surface area contributed by atoms with Gasteiger partial charge in [0.2, 0.25) is 0 Å². The van der Waals surface area contributed by atoms with E-state index in [0.717, 1.165) is 6.61 Å². The zero-order valence-corrected chi connectivity index (χ0v) is 5.83. The lowest BCUT2D eigenvalue weighted by Crippen LogP contribution is -2.05. The molecule has 0 bridgehead atoms. The molecule has 0 saturated carbocycles. The summed E-state index contributed by atoms with van der Waals surface area (Å²) in [7, 11) is 0. The van der Waals surface area contributed by atoms with Crippen molar-refractivity contribution in [3.05, 3.63) is 12.2 Å². The highest BCUT2D eigenvalue weighted by molar-refractivity contribution is 4.83. The number of hydrogen-bond donors (Lipinski definition) is 0. The number of ether oxygens (including phenoxy) is 2. The summed E-state index contributed by atoms with van der Waals surface area (Å²) in [5.41, 5.74) is 0. The first-order valence-corrected chi connectivity index (χ1v) is 3.23. The van der Waals surface area contributed by atoms with E-state index in [-0.39, 0.29) is 12.4 Å². The molecular weight excluding hydrogens is 116 g/mol. The van der Waals surface area contributed by atoms with E-state index >= 15 is 0 Å². The predicted octanol–water partition coefficient (Wildman–Crippen LogP) is 1.32. The molecule has 0 radical (unpaired) electrons. The highest BCUT2D eigenvalue weighted by Crippen LogP contribution is 2.10. The van der Waals surface area contributed by atoms with Gasteiger partial charge < -0.3 is 9.47 Å². The minimum Gasteiger partial charge on any atom is -0.346 e. The Morgan fingerprint density at radius 2 is 2.33 bits per heavy atom. The largest absolute Gasteiger partial charge is 0.346 e. The van der Waals surface area contributed by atoms with Gasteiger partial charge in [0.1, 0.15) is 0 Å². The van der Waals surface area contributed by atoms with Crippen LogP contribution in [0.1, 0.15) is 13.8 Å². The van der Waals surface area contributed by atoms with Crippen LogP contribution in [-0.2, 0) is 9.47 Å². The maximum Gasteiger partial charge on any atom is 0.177 e. The van der Waals surface area contributed by atoms with Gasteiger partial charge in [0.15, 0.2) is 6.29 Å². The van der Waals surface area contributed by atoms with Crippen LogP contribution < -0.4 is 0 Å². The average molecular weight is 128 g/mol. The van der Waals surface area contributed by atoms with Crippen LogP contribution in [0.4, 0.5) is 0 Å². The van der Waals surface area contributed by atoms with Gasteiger partial charge in [-0.3, -0.25) is 0 Å². The van der Waals surface area contributed by atoms with Gasteiger partial charge in [0.05, 0.1) is 12.7 Å². The fraction of sp³-hybridized carbons (Fsp3) is 0.714. The summed E-state index contributed by atoms with van der Waals surface area (Å²) in [6.45, 7) is 4.67. The van der Waals surface area contributed by atoms with E-state index in [1.165, 1.54) is 0 Å². The van der Waals surface area contributed by atoms with Crippen molar-refractivity contribution >= 4 is 0 Å². The Hall–Kier alpha value is -0.340. The molecule has 2 nitrogen and oxygen atoms in total. The van der Waals surface area contributed by atoms with Gasteiger partial charge in [-0.05, 0) is 19.9 Å². The van der Waals surface area contributed by atoms with Crippen molar-refractivity contribution in [1.82, 2.24) is 0 Å². The second kappa shape index (κ2) is 2.99. The molecule has 0 aliphatic carbocycles. The topological polar surface area (TPSA) is 18.5 Å². The van der Waals surface area contributed by atoms with Crippen LogP contribution in [-0.4, -0.2) is 19.0 Å². The number of rotatable bonds is 1. The molecular formula is C7H12O2. The molecule has 0 unspecified atom stereocenters. The maximum atomic E-state index is 5.29. The van der Waals surface area contributed by atoms with E-state index in [1.807, 2.05) is 26.0 Å². The quantitative estimate of drug-likeness (QED) is 0.496. The van der Waals surface area contributed by atoms with Crippen molar-refractivity contribution in [1.29, 1.82) is 0 Å². The lowest BCUT2D eigenvalue weighted by molar-refractivity contribution is -0.0161. The molecule has 52 valence electrons. The molecule has 0 amide bonds. The Labute approximate surface area is 55.5 Å². The van der Waals surface area contributed by atoms with Gasteiger partial charge >= 0.3 is 0 Å². The number of hydrogen-bond acceptors (Lipinski definition) is 2. The lowest BCUT2D eigenvalue weighted by atomic mass is 10.5. The fourth-order valence-corrected chi connectivity index (χ4v) is 0.796. The Balaban J connectivity index is 2.30. The molecule has 1 heterocycles. The van der Waals surface area contributed by atoms with Gasteiger partial charge in [0.25, 0.3) is 0 Å². The molecule has 0 aromatic carbocycles. The Bertz CT molecular complexity index is 109. The maximum absolute atomic E-state index is 5.29. The van der Waals surface area contributed by atoms with Crippen molar-refractivity contribution in [2.75, 3.05) is 6.61 Å². The summed E-state index contributed by atoms with van der Waals surface area (Å²) in [5, 5.41) is 0. The fourth-order valence-electron chi connectivity index (χ4n) is 0.796. The monoisotopic (exact) mass is 128 g/mol. The van der Waals surface area contributed by atoms with Crippen LogP contribution in [0.25, 0.3) is 0 Å². The van der Waals surface area contributed by atoms with Crippen LogP contribution in [0, 0.1) is 0 Å². The summed E-state index contributed by atoms with van der Waals surface area (Å²) in [5.74, 6) is 0. The first kappa shape index (κ1) is 6.78. The molecule has 0 N–H and O–H groups in total. The van der Waals surface area contributed by atoms with E-state index in [2.05, 4.69) is 0 Å². The van der Waals surface area contributed by atoms with E-state index in [9.17, 15) is 0 Å². The third-order valence-electron chi connectivity index (χ3n) is 1.21. The van der Waals surface area contributed by atoms with Crippen molar-refractivity contribution < 1.29 is 9.47 Å². The summed E-state index contributed by atoms with van der Waals surface area (Å²) < 4.78 is 10.5. The SMILES string of the molecule is C/C=C\[C@H]1OC[C@H](C)O1. The molecule has 1 saturated heterocycles. The van der Waals surface area contributed by atoms with Crippen LogP contribution in [0.5, 0.6) is 0 Å². The van der Waals surface area contributed by atoms with Gasteiger partial charge in [-0.2, -0.15) is 0 Å². The molecule has 2 heteroatoms. The second-order valence-corrected chi connectivity index (χ2v) is 2.17. The zero-order chi connectivity index (χ0) is 6.69. The van der Waals surface area contributed by atoms with E-state index in [1.54, 1.807) is 0 Å². The molecule has 1 aliphatic heterocycles. The molecule has 1 fully saturated rings. The standard InChI is InChI=1S/C7H12O2/c1-3-4-7-8-5-6(2)9-7/h3-4,6-7H,5H2,1-2H3/b4-3-/t6-,7-/m0/s1. The van der Waals surface area contributed by atoms with Crippen molar-refractivity contribution in [2.45, 2.75) is 26.2 Å². The summed E-state index contributed by atoms with van der Waals surface area (Å²) in [6, 6.07) is 0. The highest BCUT2D eigenvalue weighted by atomic mass is 16.7. The first-order chi connectivity index (χ1) is 4.33. The molecule has 0 spiro atoms. The van der Waals surface area contributed by atoms with Crippen molar-refractivity contribution in [2.24, 2.45) is 0 Å². The summed E-state index contributed by atoms with van der Waals surface area (Å²) in [4.78, 5) is 0. The van der Waals surface area contributed by atoms with E-state index in [0.29, 0.717) is 0 Å². The average Bonchev–Trinajstić information content (AvgIpc) is 2.17. The minimum atomic E-state index is -0.0926. The van der Waals surface area contributed by atoms with E-state index < -0.39 is 0 Å².